The quantitative estimate of drug-likeness (QED) is 0.535. The molecule has 10 atom stereocenters. The zero-order valence-electron chi connectivity index (χ0n) is 19.3. The Kier molecular flexibility index (Phi) is 4.60. The lowest BCUT2D eigenvalue weighted by Crippen LogP contribution is -2.48. The highest BCUT2D eigenvalue weighted by Crippen LogP contribution is 2.85. The highest BCUT2D eigenvalue weighted by molar-refractivity contribution is 5.29. The van der Waals surface area contributed by atoms with Crippen LogP contribution in [0.5, 0.6) is 0 Å². The van der Waals surface area contributed by atoms with Gasteiger partial charge >= 0.3 is 0 Å². The lowest BCUT2D eigenvalue weighted by atomic mass is 9.51. The number of rotatable bonds is 5. The number of hydrogen-bond donors (Lipinski definition) is 1. The fraction of sp³-hybridized carbons (Fsp3) is 1.00. The third-order valence-electron chi connectivity index (χ3n) is 11.7. The molecule has 0 saturated heterocycles. The molecular weight excluding hydrogens is 340 g/mol. The third kappa shape index (κ3) is 2.41. The smallest absolute Gasteiger partial charge is 0.0604 e. The van der Waals surface area contributed by atoms with Crippen LogP contribution in [-0.2, 0) is 0 Å². The summed E-state index contributed by atoms with van der Waals surface area (Å²) in [5.41, 5.74) is 1.39. The van der Waals surface area contributed by atoms with Crippen molar-refractivity contribution in [3.63, 3.8) is 0 Å². The molecule has 0 aliphatic heterocycles. The fourth-order valence-electron chi connectivity index (χ4n) is 10.4. The van der Waals surface area contributed by atoms with Gasteiger partial charge in [0.05, 0.1) is 6.10 Å². The van der Waals surface area contributed by atoms with Crippen LogP contribution in [0, 0.1) is 57.7 Å². The molecule has 0 heterocycles. The van der Waals surface area contributed by atoms with Crippen molar-refractivity contribution in [1.82, 2.24) is 0 Å². The first-order valence-corrected chi connectivity index (χ1v) is 12.9. The molecular formula is C27H46O. The Balaban J connectivity index is 1.36. The third-order valence-corrected chi connectivity index (χ3v) is 11.7. The van der Waals surface area contributed by atoms with E-state index in [0.717, 1.165) is 47.8 Å². The summed E-state index contributed by atoms with van der Waals surface area (Å²) < 4.78 is 0. The van der Waals surface area contributed by atoms with Crippen molar-refractivity contribution >= 4 is 0 Å². The molecule has 5 aliphatic carbocycles. The van der Waals surface area contributed by atoms with Crippen LogP contribution in [0.2, 0.25) is 0 Å². The van der Waals surface area contributed by atoms with E-state index in [1.54, 1.807) is 0 Å². The number of aliphatic hydroxyl groups is 1. The Labute approximate surface area is 174 Å². The molecule has 0 bridgehead atoms. The summed E-state index contributed by atoms with van der Waals surface area (Å²) in [7, 11) is 0. The van der Waals surface area contributed by atoms with Gasteiger partial charge in [-0.1, -0.05) is 60.3 Å². The van der Waals surface area contributed by atoms with Crippen LogP contribution in [0.3, 0.4) is 0 Å². The number of fused-ring (bicyclic) bond motifs is 5. The molecule has 5 saturated carbocycles. The average molecular weight is 387 g/mol. The van der Waals surface area contributed by atoms with Gasteiger partial charge in [0.25, 0.3) is 0 Å². The minimum absolute atomic E-state index is 0.0141. The topological polar surface area (TPSA) is 20.2 Å². The second-order valence-corrected chi connectivity index (χ2v) is 13.0. The van der Waals surface area contributed by atoms with Crippen LogP contribution >= 0.6 is 0 Å². The van der Waals surface area contributed by atoms with Crippen molar-refractivity contribution in [2.24, 2.45) is 57.7 Å². The van der Waals surface area contributed by atoms with Gasteiger partial charge in [-0.2, -0.15) is 0 Å². The second-order valence-electron chi connectivity index (χ2n) is 13.0. The standard InChI is InChI=1S/C27H46O/c1-17(2)8-6-9-18(3)19-11-12-20-24-21(13-15-25(19,20)4)26(5)14-7-10-23(28)27(26)16-22(24)27/h17-24,28H,6-16H2,1-5H3/t18-,19-,20?,21?,22?,23-,24?,25-,26-,27-/m1/s1. The molecule has 0 aromatic rings. The zero-order valence-corrected chi connectivity index (χ0v) is 19.3. The molecule has 4 unspecified atom stereocenters. The van der Waals surface area contributed by atoms with E-state index < -0.39 is 0 Å². The molecule has 1 N–H and O–H groups in total. The molecule has 0 radical (unpaired) electrons. The minimum Gasteiger partial charge on any atom is -0.393 e. The Hall–Kier alpha value is -0.0400. The summed E-state index contributed by atoms with van der Waals surface area (Å²) >= 11 is 0. The van der Waals surface area contributed by atoms with Gasteiger partial charge < -0.3 is 5.11 Å². The molecule has 5 aliphatic rings. The van der Waals surface area contributed by atoms with Crippen LogP contribution in [0.1, 0.15) is 105 Å². The summed E-state index contributed by atoms with van der Waals surface area (Å²) in [6.45, 7) is 12.7. The summed E-state index contributed by atoms with van der Waals surface area (Å²) in [5, 5.41) is 11.1. The Morgan fingerprint density at radius 2 is 1.68 bits per heavy atom. The van der Waals surface area contributed by atoms with Gasteiger partial charge in [0.15, 0.2) is 0 Å². The van der Waals surface area contributed by atoms with Gasteiger partial charge in [-0.15, -0.1) is 0 Å². The first-order chi connectivity index (χ1) is 13.3. The van der Waals surface area contributed by atoms with Crippen LogP contribution in [-0.4, -0.2) is 11.2 Å². The number of aliphatic hydroxyl groups excluding tert-OH is 1. The molecule has 1 heteroatoms. The zero-order chi connectivity index (χ0) is 19.9. The first-order valence-electron chi connectivity index (χ1n) is 12.9. The van der Waals surface area contributed by atoms with E-state index in [1.165, 1.54) is 64.2 Å². The molecule has 1 nitrogen and oxygen atoms in total. The van der Waals surface area contributed by atoms with E-state index in [4.69, 9.17) is 0 Å². The van der Waals surface area contributed by atoms with E-state index in [-0.39, 0.29) is 6.10 Å². The molecule has 0 aromatic heterocycles. The molecule has 5 fully saturated rings. The van der Waals surface area contributed by atoms with Crippen molar-refractivity contribution in [2.45, 2.75) is 111 Å². The summed E-state index contributed by atoms with van der Waals surface area (Å²) in [6.07, 6.45) is 15.4. The van der Waals surface area contributed by atoms with Gasteiger partial charge in [0.2, 0.25) is 0 Å². The van der Waals surface area contributed by atoms with Gasteiger partial charge in [-0.05, 0) is 97.2 Å². The van der Waals surface area contributed by atoms with Crippen molar-refractivity contribution in [2.75, 3.05) is 0 Å². The van der Waals surface area contributed by atoms with Gasteiger partial charge in [0, 0.05) is 5.41 Å². The van der Waals surface area contributed by atoms with Crippen LogP contribution in [0.15, 0.2) is 0 Å². The fourth-order valence-corrected chi connectivity index (χ4v) is 10.4. The normalized spacial score (nSPS) is 55.4. The number of hydrogen-bond acceptors (Lipinski definition) is 1. The van der Waals surface area contributed by atoms with Crippen LogP contribution in [0.25, 0.3) is 0 Å². The predicted octanol–water partition coefficient (Wildman–Crippen LogP) is 7.08. The van der Waals surface area contributed by atoms with Gasteiger partial charge in [-0.25, -0.2) is 0 Å². The average Bonchev–Trinajstić information content (AvgIpc) is 3.21. The lowest BCUT2D eigenvalue weighted by molar-refractivity contribution is -0.0795. The molecule has 0 aromatic carbocycles. The van der Waals surface area contributed by atoms with Crippen molar-refractivity contribution in [3.8, 4) is 0 Å². The maximum atomic E-state index is 11.1. The molecule has 1 spiro atoms. The van der Waals surface area contributed by atoms with E-state index >= 15 is 0 Å². The lowest BCUT2D eigenvalue weighted by Gasteiger charge is -2.54. The first kappa shape index (κ1) is 19.9. The molecule has 0 amide bonds. The minimum atomic E-state index is 0.0141. The van der Waals surface area contributed by atoms with Crippen LogP contribution in [0.4, 0.5) is 0 Å². The van der Waals surface area contributed by atoms with E-state index in [0.29, 0.717) is 16.2 Å². The van der Waals surface area contributed by atoms with Crippen molar-refractivity contribution < 1.29 is 5.11 Å². The maximum absolute atomic E-state index is 11.1. The van der Waals surface area contributed by atoms with E-state index in [1.807, 2.05) is 0 Å². The van der Waals surface area contributed by atoms with Gasteiger partial charge in [0.1, 0.15) is 0 Å². The maximum Gasteiger partial charge on any atom is 0.0604 e. The molecule has 5 rings (SSSR count). The van der Waals surface area contributed by atoms with E-state index in [9.17, 15) is 5.11 Å². The van der Waals surface area contributed by atoms with Crippen molar-refractivity contribution in [3.05, 3.63) is 0 Å². The Bertz CT molecular complexity index is 611. The van der Waals surface area contributed by atoms with E-state index in [2.05, 4.69) is 34.6 Å². The molecule has 28 heavy (non-hydrogen) atoms. The summed E-state index contributed by atoms with van der Waals surface area (Å²) in [4.78, 5) is 0. The molecule has 160 valence electrons. The van der Waals surface area contributed by atoms with Gasteiger partial charge in [-0.3, -0.25) is 0 Å². The van der Waals surface area contributed by atoms with Crippen molar-refractivity contribution in [1.29, 1.82) is 0 Å². The highest BCUT2D eigenvalue weighted by Gasteiger charge is 2.81. The highest BCUT2D eigenvalue weighted by atomic mass is 16.3. The largest absolute Gasteiger partial charge is 0.393 e. The summed E-state index contributed by atoms with van der Waals surface area (Å²) in [5.74, 6) is 6.43. The van der Waals surface area contributed by atoms with Crippen LogP contribution < -0.4 is 0 Å². The predicted molar refractivity (Wildman–Crippen MR) is 117 cm³/mol. The monoisotopic (exact) mass is 386 g/mol. The Morgan fingerprint density at radius 3 is 2.43 bits per heavy atom. The Morgan fingerprint density at radius 1 is 0.893 bits per heavy atom. The second kappa shape index (κ2) is 6.48. The SMILES string of the molecule is CC(C)CCC[C@@H](C)[C@H]1CCC2C3C(CC[C@@]21C)[C@@]1(C)CCC[C@@H](O)[C@]12CC32. The summed E-state index contributed by atoms with van der Waals surface area (Å²) in [6, 6.07) is 0.